The number of hydrogen-bond acceptors (Lipinski definition) is 3. The number of carbonyl (C=O) groups is 1. The minimum Gasteiger partial charge on any atom is -0.409 e. The minimum absolute atomic E-state index is 0.0705. The average molecular weight is 287 g/mol. The lowest BCUT2D eigenvalue weighted by atomic mass is 10.1. The zero-order chi connectivity index (χ0) is 12.1. The summed E-state index contributed by atoms with van der Waals surface area (Å²) in [6.07, 6.45) is 0. The fraction of sp³-hybridized carbons (Fsp3) is 0.111. The highest BCUT2D eigenvalue weighted by Crippen LogP contribution is 2.21. The Kier molecular flexibility index (Phi) is 4.12. The van der Waals surface area contributed by atoms with Gasteiger partial charge in [0.1, 0.15) is 0 Å². The van der Waals surface area contributed by atoms with Crippen LogP contribution >= 0.6 is 15.9 Å². The Balaban J connectivity index is 3.13. The number of nitrogens with two attached hydrogens (primary N) is 1. The Morgan fingerprint density at radius 1 is 1.56 bits per heavy atom. The molecule has 1 aromatic rings. The first-order valence-corrected chi connectivity index (χ1v) is 5.14. The van der Waals surface area contributed by atoms with Gasteiger partial charge in [-0.05, 0) is 18.2 Å². The standard InChI is InChI=1S/C9H11BrN4O2/c1-12-9(15)13-7-4-5(10)2-3-6(7)8(11)14-16/h2-4,16H,1H3,(H2,11,14)(H2,12,13,15). The fourth-order valence-corrected chi connectivity index (χ4v) is 1.44. The van der Waals surface area contributed by atoms with Crippen LogP contribution < -0.4 is 16.4 Å². The van der Waals surface area contributed by atoms with Crippen LogP contribution in [0.1, 0.15) is 5.56 Å². The number of amides is 2. The molecule has 16 heavy (non-hydrogen) atoms. The molecule has 0 heterocycles. The van der Waals surface area contributed by atoms with Crippen LogP contribution in [0.2, 0.25) is 0 Å². The van der Waals surface area contributed by atoms with Crippen molar-refractivity contribution in [1.82, 2.24) is 5.32 Å². The summed E-state index contributed by atoms with van der Waals surface area (Å²) in [5.41, 5.74) is 6.36. The van der Waals surface area contributed by atoms with Crippen LogP contribution in [0.15, 0.2) is 27.8 Å². The second-order valence-electron chi connectivity index (χ2n) is 2.88. The number of hydrogen-bond donors (Lipinski definition) is 4. The number of nitrogens with one attached hydrogen (secondary N) is 2. The maximum absolute atomic E-state index is 11.2. The number of halogens is 1. The van der Waals surface area contributed by atoms with Gasteiger partial charge in [0.15, 0.2) is 5.84 Å². The van der Waals surface area contributed by atoms with E-state index in [9.17, 15) is 4.79 Å². The van der Waals surface area contributed by atoms with Crippen molar-refractivity contribution >= 4 is 33.5 Å². The van der Waals surface area contributed by atoms with Crippen molar-refractivity contribution in [3.05, 3.63) is 28.2 Å². The van der Waals surface area contributed by atoms with Crippen molar-refractivity contribution in [3.8, 4) is 0 Å². The first kappa shape index (κ1) is 12.3. The third-order valence-corrected chi connectivity index (χ3v) is 2.33. The molecule has 0 fully saturated rings. The largest absolute Gasteiger partial charge is 0.409 e. The number of rotatable bonds is 2. The van der Waals surface area contributed by atoms with E-state index in [1.54, 1.807) is 18.2 Å². The molecule has 0 saturated carbocycles. The molecule has 0 aliphatic heterocycles. The zero-order valence-corrected chi connectivity index (χ0v) is 10.1. The molecule has 0 radical (unpaired) electrons. The van der Waals surface area contributed by atoms with Gasteiger partial charge in [0.2, 0.25) is 0 Å². The first-order chi connectivity index (χ1) is 7.58. The Hall–Kier alpha value is -1.76. The normalized spacial score (nSPS) is 11.0. The number of anilines is 1. The highest BCUT2D eigenvalue weighted by atomic mass is 79.9. The molecule has 2 amide bonds. The van der Waals surface area contributed by atoms with Gasteiger partial charge in [-0.15, -0.1) is 0 Å². The van der Waals surface area contributed by atoms with Gasteiger partial charge in [0.25, 0.3) is 0 Å². The topological polar surface area (TPSA) is 99.7 Å². The predicted octanol–water partition coefficient (Wildman–Crippen LogP) is 1.29. The van der Waals surface area contributed by atoms with Crippen molar-refractivity contribution in [1.29, 1.82) is 0 Å². The molecule has 0 aliphatic carbocycles. The molecule has 0 aliphatic rings. The molecule has 0 unspecified atom stereocenters. The summed E-state index contributed by atoms with van der Waals surface area (Å²) in [4.78, 5) is 11.2. The summed E-state index contributed by atoms with van der Waals surface area (Å²) in [5, 5.41) is 16.5. The van der Waals surface area contributed by atoms with E-state index in [1.807, 2.05) is 0 Å². The number of urea groups is 1. The predicted molar refractivity (Wildman–Crippen MR) is 64.7 cm³/mol. The second-order valence-corrected chi connectivity index (χ2v) is 3.79. The quantitative estimate of drug-likeness (QED) is 0.285. The van der Waals surface area contributed by atoms with Crippen LogP contribution in [-0.2, 0) is 0 Å². The fourth-order valence-electron chi connectivity index (χ4n) is 1.08. The molecule has 0 aromatic heterocycles. The van der Waals surface area contributed by atoms with Gasteiger partial charge >= 0.3 is 6.03 Å². The highest BCUT2D eigenvalue weighted by Gasteiger charge is 2.09. The summed E-state index contributed by atoms with van der Waals surface area (Å²) in [6.45, 7) is 0. The molecule has 1 rings (SSSR count). The Morgan fingerprint density at radius 2 is 2.25 bits per heavy atom. The summed E-state index contributed by atoms with van der Waals surface area (Å²) in [5.74, 6) is -0.0705. The SMILES string of the molecule is CNC(=O)Nc1cc(Br)ccc1/C(N)=N/O. The number of carbonyl (C=O) groups excluding carboxylic acids is 1. The molecule has 5 N–H and O–H groups in total. The van der Waals surface area contributed by atoms with Gasteiger partial charge < -0.3 is 21.6 Å². The van der Waals surface area contributed by atoms with Crippen LogP contribution in [0.3, 0.4) is 0 Å². The monoisotopic (exact) mass is 286 g/mol. The third kappa shape index (κ3) is 2.86. The first-order valence-electron chi connectivity index (χ1n) is 4.34. The lowest BCUT2D eigenvalue weighted by Crippen LogP contribution is -2.26. The third-order valence-electron chi connectivity index (χ3n) is 1.84. The molecular weight excluding hydrogens is 276 g/mol. The number of oxime groups is 1. The van der Waals surface area contributed by atoms with Crippen molar-refractivity contribution in [3.63, 3.8) is 0 Å². The lowest BCUT2D eigenvalue weighted by Gasteiger charge is -2.10. The maximum Gasteiger partial charge on any atom is 0.318 e. The summed E-state index contributed by atoms with van der Waals surface area (Å²) < 4.78 is 0.772. The van der Waals surface area contributed by atoms with E-state index in [-0.39, 0.29) is 11.9 Å². The molecular formula is C9H11BrN4O2. The second kappa shape index (κ2) is 5.36. The van der Waals surface area contributed by atoms with E-state index in [2.05, 4.69) is 31.7 Å². The molecule has 86 valence electrons. The van der Waals surface area contributed by atoms with Gasteiger partial charge in [-0.2, -0.15) is 0 Å². The van der Waals surface area contributed by atoms with Crippen LogP contribution in [0.25, 0.3) is 0 Å². The zero-order valence-electron chi connectivity index (χ0n) is 8.49. The summed E-state index contributed by atoms with van der Waals surface area (Å²) in [7, 11) is 1.50. The molecule has 1 aromatic carbocycles. The highest BCUT2D eigenvalue weighted by molar-refractivity contribution is 9.10. The Labute approximate surface area is 101 Å². The number of amidine groups is 1. The van der Waals surface area contributed by atoms with Gasteiger partial charge in [0.05, 0.1) is 5.69 Å². The summed E-state index contributed by atoms with van der Waals surface area (Å²) >= 11 is 3.26. The number of nitrogens with zero attached hydrogens (tertiary/aromatic N) is 1. The van der Waals surface area contributed by atoms with Crippen molar-refractivity contribution in [2.24, 2.45) is 10.9 Å². The Morgan fingerprint density at radius 3 is 2.81 bits per heavy atom. The minimum atomic E-state index is -0.384. The van der Waals surface area contributed by atoms with E-state index in [0.29, 0.717) is 11.3 Å². The molecule has 0 bridgehead atoms. The van der Waals surface area contributed by atoms with Gasteiger partial charge in [-0.3, -0.25) is 0 Å². The van der Waals surface area contributed by atoms with Crippen molar-refractivity contribution in [2.75, 3.05) is 12.4 Å². The van der Waals surface area contributed by atoms with E-state index >= 15 is 0 Å². The van der Waals surface area contributed by atoms with Crippen molar-refractivity contribution in [2.45, 2.75) is 0 Å². The van der Waals surface area contributed by atoms with Crippen LogP contribution in [-0.4, -0.2) is 24.1 Å². The van der Waals surface area contributed by atoms with E-state index in [0.717, 1.165) is 4.47 Å². The van der Waals surface area contributed by atoms with E-state index in [4.69, 9.17) is 10.9 Å². The van der Waals surface area contributed by atoms with Gasteiger partial charge in [0, 0.05) is 17.1 Å². The average Bonchev–Trinajstić information content (AvgIpc) is 2.28. The van der Waals surface area contributed by atoms with Crippen LogP contribution in [0.4, 0.5) is 10.5 Å². The van der Waals surface area contributed by atoms with Crippen LogP contribution in [0, 0.1) is 0 Å². The smallest absolute Gasteiger partial charge is 0.318 e. The Bertz CT molecular complexity index is 434. The van der Waals surface area contributed by atoms with Gasteiger partial charge in [-0.25, -0.2) is 4.79 Å². The van der Waals surface area contributed by atoms with Crippen LogP contribution in [0.5, 0.6) is 0 Å². The number of benzene rings is 1. The maximum atomic E-state index is 11.2. The molecule has 0 saturated heterocycles. The summed E-state index contributed by atoms with van der Waals surface area (Å²) in [6, 6.07) is 4.63. The molecule has 6 nitrogen and oxygen atoms in total. The molecule has 0 spiro atoms. The molecule has 7 heteroatoms. The molecule has 0 atom stereocenters. The van der Waals surface area contributed by atoms with Gasteiger partial charge in [-0.1, -0.05) is 21.1 Å². The van der Waals surface area contributed by atoms with E-state index < -0.39 is 0 Å². The lowest BCUT2D eigenvalue weighted by molar-refractivity contribution is 0.254. The van der Waals surface area contributed by atoms with E-state index in [1.165, 1.54) is 7.05 Å². The van der Waals surface area contributed by atoms with Crippen molar-refractivity contribution < 1.29 is 10.0 Å².